The van der Waals surface area contributed by atoms with Crippen molar-refractivity contribution < 1.29 is 4.79 Å². The van der Waals surface area contributed by atoms with Crippen LogP contribution in [0.25, 0.3) is 10.6 Å². The summed E-state index contributed by atoms with van der Waals surface area (Å²) in [5, 5.41) is 6.39. The SMILES string of the molecule is Cc1cccc(C)c1NC(=O)Cc1csc(-c2ccccc2Cl)n1. The number of para-hydroxylation sites is 1. The Morgan fingerprint density at radius 3 is 2.54 bits per heavy atom. The summed E-state index contributed by atoms with van der Waals surface area (Å²) in [6.07, 6.45) is 0.245. The average Bonchev–Trinajstić information content (AvgIpc) is 3.00. The number of anilines is 1. The van der Waals surface area contributed by atoms with Gasteiger partial charge in [-0.15, -0.1) is 11.3 Å². The molecule has 1 heterocycles. The lowest BCUT2D eigenvalue weighted by atomic mass is 10.1. The van der Waals surface area contributed by atoms with Gasteiger partial charge in [-0.3, -0.25) is 4.79 Å². The highest BCUT2D eigenvalue weighted by atomic mass is 35.5. The van der Waals surface area contributed by atoms with Gasteiger partial charge in [-0.25, -0.2) is 4.98 Å². The second kappa shape index (κ2) is 7.16. The number of carbonyl (C=O) groups excluding carboxylic acids is 1. The molecule has 0 aliphatic heterocycles. The van der Waals surface area contributed by atoms with Gasteiger partial charge >= 0.3 is 0 Å². The molecular weight excluding hydrogens is 340 g/mol. The number of amides is 1. The first-order chi connectivity index (χ1) is 11.5. The number of nitrogens with zero attached hydrogens (tertiary/aromatic N) is 1. The lowest BCUT2D eigenvalue weighted by Gasteiger charge is -2.10. The fourth-order valence-electron chi connectivity index (χ4n) is 2.51. The Bertz CT molecular complexity index is 868. The first kappa shape index (κ1) is 16.7. The number of aromatic nitrogens is 1. The molecule has 3 rings (SSSR count). The van der Waals surface area contributed by atoms with Crippen LogP contribution in [-0.2, 0) is 11.2 Å². The maximum atomic E-state index is 12.3. The van der Waals surface area contributed by atoms with Gasteiger partial charge in [-0.05, 0) is 31.0 Å². The Labute approximate surface area is 150 Å². The summed E-state index contributed by atoms with van der Waals surface area (Å²) in [6.45, 7) is 3.97. The van der Waals surface area contributed by atoms with E-state index in [1.54, 1.807) is 0 Å². The van der Waals surface area contributed by atoms with Gasteiger partial charge in [0.2, 0.25) is 5.91 Å². The van der Waals surface area contributed by atoms with Gasteiger partial charge in [0, 0.05) is 16.6 Å². The van der Waals surface area contributed by atoms with Crippen LogP contribution in [0.4, 0.5) is 5.69 Å². The van der Waals surface area contributed by atoms with Gasteiger partial charge in [-0.2, -0.15) is 0 Å². The summed E-state index contributed by atoms with van der Waals surface area (Å²) in [4.78, 5) is 16.9. The van der Waals surface area contributed by atoms with Gasteiger partial charge in [0.1, 0.15) is 5.01 Å². The van der Waals surface area contributed by atoms with Crippen molar-refractivity contribution in [1.82, 2.24) is 4.98 Å². The molecule has 3 aromatic rings. The van der Waals surface area contributed by atoms with Crippen molar-refractivity contribution in [2.75, 3.05) is 5.32 Å². The van der Waals surface area contributed by atoms with Crippen molar-refractivity contribution in [2.24, 2.45) is 0 Å². The fourth-order valence-corrected chi connectivity index (χ4v) is 3.65. The van der Waals surface area contributed by atoms with Crippen molar-refractivity contribution in [3.05, 3.63) is 69.7 Å². The maximum Gasteiger partial charge on any atom is 0.230 e. The topological polar surface area (TPSA) is 42.0 Å². The molecule has 0 saturated carbocycles. The highest BCUT2D eigenvalue weighted by Gasteiger charge is 2.12. The summed E-state index contributed by atoms with van der Waals surface area (Å²) >= 11 is 7.70. The summed E-state index contributed by atoms with van der Waals surface area (Å²) in [5.74, 6) is -0.0663. The Morgan fingerprint density at radius 1 is 1.12 bits per heavy atom. The van der Waals surface area contributed by atoms with Crippen LogP contribution in [0.15, 0.2) is 47.8 Å². The number of aryl methyl sites for hydroxylation is 2. The van der Waals surface area contributed by atoms with Crippen molar-refractivity contribution in [3.8, 4) is 10.6 Å². The van der Waals surface area contributed by atoms with Crippen LogP contribution in [0.3, 0.4) is 0 Å². The number of nitrogens with one attached hydrogen (secondary N) is 1. The summed E-state index contributed by atoms with van der Waals surface area (Å²) in [5.41, 5.74) is 4.63. The van der Waals surface area contributed by atoms with E-state index in [1.165, 1.54) is 11.3 Å². The molecule has 0 aliphatic carbocycles. The van der Waals surface area contributed by atoms with Gasteiger partial charge in [0.05, 0.1) is 17.1 Å². The molecule has 0 saturated heterocycles. The zero-order chi connectivity index (χ0) is 17.1. The molecule has 0 unspecified atom stereocenters. The van der Waals surface area contributed by atoms with Crippen LogP contribution in [0.2, 0.25) is 5.02 Å². The Balaban J connectivity index is 1.73. The predicted molar refractivity (Wildman–Crippen MR) is 101 cm³/mol. The normalized spacial score (nSPS) is 10.6. The third-order valence-electron chi connectivity index (χ3n) is 3.74. The molecular formula is C19H17ClN2OS. The molecule has 122 valence electrons. The third-order valence-corrected chi connectivity index (χ3v) is 5.00. The molecule has 0 fully saturated rings. The van der Waals surface area contributed by atoms with E-state index in [2.05, 4.69) is 10.3 Å². The molecule has 0 spiro atoms. The zero-order valence-electron chi connectivity index (χ0n) is 13.5. The number of hydrogen-bond acceptors (Lipinski definition) is 3. The Kier molecular flexibility index (Phi) is 4.97. The average molecular weight is 357 g/mol. The quantitative estimate of drug-likeness (QED) is 0.692. The van der Waals surface area contributed by atoms with E-state index in [0.29, 0.717) is 5.02 Å². The molecule has 0 aliphatic rings. The van der Waals surface area contributed by atoms with Crippen molar-refractivity contribution >= 4 is 34.5 Å². The van der Waals surface area contributed by atoms with Gasteiger partial charge < -0.3 is 5.32 Å². The summed E-state index contributed by atoms with van der Waals surface area (Å²) in [7, 11) is 0. The lowest BCUT2D eigenvalue weighted by Crippen LogP contribution is -2.16. The van der Waals surface area contributed by atoms with E-state index in [4.69, 9.17) is 11.6 Å². The third kappa shape index (κ3) is 3.66. The van der Waals surface area contributed by atoms with E-state index in [-0.39, 0.29) is 12.3 Å². The summed E-state index contributed by atoms with van der Waals surface area (Å²) < 4.78 is 0. The van der Waals surface area contributed by atoms with Gasteiger partial charge in [0.15, 0.2) is 0 Å². The van der Waals surface area contributed by atoms with E-state index < -0.39 is 0 Å². The first-order valence-corrected chi connectivity index (χ1v) is 8.85. The van der Waals surface area contributed by atoms with Crippen LogP contribution < -0.4 is 5.32 Å². The molecule has 1 aromatic heterocycles. The predicted octanol–water partition coefficient (Wildman–Crippen LogP) is 5.26. The summed E-state index contributed by atoms with van der Waals surface area (Å²) in [6, 6.07) is 13.5. The molecule has 2 aromatic carbocycles. The number of carbonyl (C=O) groups is 1. The molecule has 24 heavy (non-hydrogen) atoms. The van der Waals surface area contributed by atoms with E-state index in [0.717, 1.165) is 33.1 Å². The largest absolute Gasteiger partial charge is 0.325 e. The smallest absolute Gasteiger partial charge is 0.230 e. The second-order valence-electron chi connectivity index (χ2n) is 5.62. The standard InChI is InChI=1S/C19H17ClN2OS/c1-12-6-5-7-13(2)18(12)22-17(23)10-14-11-24-19(21-14)15-8-3-4-9-16(15)20/h3-9,11H,10H2,1-2H3,(H,22,23). The van der Waals surface area contributed by atoms with Crippen LogP contribution in [-0.4, -0.2) is 10.9 Å². The number of halogens is 1. The molecule has 1 amide bonds. The minimum absolute atomic E-state index is 0.0663. The fraction of sp³-hybridized carbons (Fsp3) is 0.158. The minimum Gasteiger partial charge on any atom is -0.325 e. The van der Waals surface area contributed by atoms with Crippen molar-refractivity contribution in [3.63, 3.8) is 0 Å². The van der Waals surface area contributed by atoms with E-state index >= 15 is 0 Å². The van der Waals surface area contributed by atoms with Gasteiger partial charge in [-0.1, -0.05) is 48.0 Å². The molecule has 0 bridgehead atoms. The Morgan fingerprint density at radius 2 is 1.83 bits per heavy atom. The number of thiazole rings is 1. The minimum atomic E-state index is -0.0663. The second-order valence-corrected chi connectivity index (χ2v) is 6.88. The number of rotatable bonds is 4. The zero-order valence-corrected chi connectivity index (χ0v) is 15.0. The molecule has 0 radical (unpaired) electrons. The molecule has 1 N–H and O–H groups in total. The maximum absolute atomic E-state index is 12.3. The van der Waals surface area contributed by atoms with Crippen molar-refractivity contribution in [2.45, 2.75) is 20.3 Å². The lowest BCUT2D eigenvalue weighted by molar-refractivity contribution is -0.115. The molecule has 0 atom stereocenters. The number of benzene rings is 2. The van der Waals surface area contributed by atoms with Crippen LogP contribution in [0, 0.1) is 13.8 Å². The highest BCUT2D eigenvalue weighted by molar-refractivity contribution is 7.13. The highest BCUT2D eigenvalue weighted by Crippen LogP contribution is 2.30. The van der Waals surface area contributed by atoms with Crippen LogP contribution in [0.1, 0.15) is 16.8 Å². The monoisotopic (exact) mass is 356 g/mol. The van der Waals surface area contributed by atoms with Crippen LogP contribution >= 0.6 is 22.9 Å². The molecule has 5 heteroatoms. The number of hydrogen-bond donors (Lipinski definition) is 1. The first-order valence-electron chi connectivity index (χ1n) is 7.60. The van der Waals surface area contributed by atoms with Gasteiger partial charge in [0.25, 0.3) is 0 Å². The van der Waals surface area contributed by atoms with E-state index in [1.807, 2.05) is 61.7 Å². The van der Waals surface area contributed by atoms with Crippen LogP contribution in [0.5, 0.6) is 0 Å². The molecule has 3 nitrogen and oxygen atoms in total. The van der Waals surface area contributed by atoms with Crippen molar-refractivity contribution in [1.29, 1.82) is 0 Å². The Hall–Kier alpha value is -2.17. The van der Waals surface area contributed by atoms with E-state index in [9.17, 15) is 4.79 Å².